The molecule has 1 aromatic heterocycles. The quantitative estimate of drug-likeness (QED) is 0.663. The Bertz CT molecular complexity index is 636. The van der Waals surface area contributed by atoms with Gasteiger partial charge in [-0.05, 0) is 30.3 Å². The lowest BCUT2D eigenvalue weighted by atomic mass is 10.2. The zero-order valence-electron chi connectivity index (χ0n) is 10.3. The SMILES string of the molecule is O=C(/C=C/c1ccco1)NNC(=O)c1ccccc1F. The molecule has 0 saturated heterocycles. The Hall–Kier alpha value is -2.89. The second kappa shape index (κ2) is 6.33. The molecule has 2 rings (SSSR count). The van der Waals surface area contributed by atoms with E-state index in [1.54, 1.807) is 12.1 Å². The van der Waals surface area contributed by atoms with Crippen molar-refractivity contribution < 1.29 is 18.4 Å². The maximum absolute atomic E-state index is 13.3. The summed E-state index contributed by atoms with van der Waals surface area (Å²) in [5.74, 6) is -1.46. The molecule has 0 bridgehead atoms. The summed E-state index contributed by atoms with van der Waals surface area (Å²) in [6.07, 6.45) is 4.09. The van der Waals surface area contributed by atoms with E-state index in [-0.39, 0.29) is 5.56 Å². The number of furan rings is 1. The summed E-state index contributed by atoms with van der Waals surface area (Å²) in [5.41, 5.74) is 4.10. The monoisotopic (exact) mass is 274 g/mol. The molecular weight excluding hydrogens is 263 g/mol. The topological polar surface area (TPSA) is 71.3 Å². The van der Waals surface area contributed by atoms with Gasteiger partial charge in [-0.3, -0.25) is 20.4 Å². The molecule has 2 aromatic rings. The zero-order chi connectivity index (χ0) is 14.4. The highest BCUT2D eigenvalue weighted by Crippen LogP contribution is 2.05. The van der Waals surface area contributed by atoms with E-state index in [4.69, 9.17) is 4.42 Å². The summed E-state index contributed by atoms with van der Waals surface area (Å²) in [4.78, 5) is 23.0. The molecule has 0 aliphatic rings. The smallest absolute Gasteiger partial charge is 0.272 e. The van der Waals surface area contributed by atoms with Gasteiger partial charge in [0.05, 0.1) is 11.8 Å². The van der Waals surface area contributed by atoms with E-state index in [0.29, 0.717) is 5.76 Å². The molecule has 5 nitrogen and oxygen atoms in total. The molecular formula is C14H11FN2O3. The molecule has 2 amide bonds. The van der Waals surface area contributed by atoms with Gasteiger partial charge < -0.3 is 4.42 Å². The number of amides is 2. The van der Waals surface area contributed by atoms with Crippen molar-refractivity contribution in [3.63, 3.8) is 0 Å². The summed E-state index contributed by atoms with van der Waals surface area (Å²) in [6, 6.07) is 8.82. The minimum absolute atomic E-state index is 0.150. The first-order valence-corrected chi connectivity index (χ1v) is 5.73. The first kappa shape index (κ1) is 13.5. The Morgan fingerprint density at radius 3 is 2.60 bits per heavy atom. The van der Waals surface area contributed by atoms with Crippen LogP contribution in [0.1, 0.15) is 16.1 Å². The fourth-order valence-corrected chi connectivity index (χ4v) is 1.42. The highest BCUT2D eigenvalue weighted by Gasteiger charge is 2.10. The van der Waals surface area contributed by atoms with Gasteiger partial charge in [0.15, 0.2) is 0 Å². The lowest BCUT2D eigenvalue weighted by Gasteiger charge is -2.05. The van der Waals surface area contributed by atoms with Crippen LogP contribution in [0.15, 0.2) is 53.2 Å². The third-order valence-electron chi connectivity index (χ3n) is 2.36. The summed E-state index contributed by atoms with van der Waals surface area (Å²) < 4.78 is 18.3. The maximum atomic E-state index is 13.3. The van der Waals surface area contributed by atoms with Crippen molar-refractivity contribution in [2.75, 3.05) is 0 Å². The molecule has 20 heavy (non-hydrogen) atoms. The van der Waals surface area contributed by atoms with Crippen LogP contribution in [-0.2, 0) is 4.79 Å². The Balaban J connectivity index is 1.87. The third-order valence-corrected chi connectivity index (χ3v) is 2.36. The Morgan fingerprint density at radius 1 is 1.10 bits per heavy atom. The van der Waals surface area contributed by atoms with Gasteiger partial charge in [-0.1, -0.05) is 12.1 Å². The number of nitrogens with one attached hydrogen (secondary N) is 2. The van der Waals surface area contributed by atoms with E-state index in [1.807, 2.05) is 0 Å². The van der Waals surface area contributed by atoms with Crippen molar-refractivity contribution in [3.8, 4) is 0 Å². The van der Waals surface area contributed by atoms with Crippen molar-refractivity contribution in [2.45, 2.75) is 0 Å². The van der Waals surface area contributed by atoms with Crippen molar-refractivity contribution in [2.24, 2.45) is 0 Å². The molecule has 0 aliphatic heterocycles. The van der Waals surface area contributed by atoms with Crippen LogP contribution >= 0.6 is 0 Å². The van der Waals surface area contributed by atoms with Gasteiger partial charge in [0.2, 0.25) is 0 Å². The van der Waals surface area contributed by atoms with Gasteiger partial charge in [0, 0.05) is 6.08 Å². The van der Waals surface area contributed by atoms with Crippen molar-refractivity contribution >= 4 is 17.9 Å². The number of carbonyl (C=O) groups excluding carboxylic acids is 2. The number of carbonyl (C=O) groups is 2. The summed E-state index contributed by atoms with van der Waals surface area (Å²) >= 11 is 0. The fourth-order valence-electron chi connectivity index (χ4n) is 1.42. The van der Waals surface area contributed by atoms with Crippen LogP contribution in [0.25, 0.3) is 6.08 Å². The predicted octanol–water partition coefficient (Wildman–Crippen LogP) is 1.89. The number of halogens is 1. The molecule has 1 heterocycles. The van der Waals surface area contributed by atoms with E-state index in [9.17, 15) is 14.0 Å². The van der Waals surface area contributed by atoms with E-state index >= 15 is 0 Å². The van der Waals surface area contributed by atoms with Crippen LogP contribution in [0.2, 0.25) is 0 Å². The second-order valence-electron chi connectivity index (χ2n) is 3.77. The minimum atomic E-state index is -0.733. The number of hydrogen-bond acceptors (Lipinski definition) is 3. The lowest BCUT2D eigenvalue weighted by Crippen LogP contribution is -2.41. The zero-order valence-corrected chi connectivity index (χ0v) is 10.3. The molecule has 0 spiro atoms. The van der Waals surface area contributed by atoms with E-state index in [1.165, 1.54) is 36.6 Å². The van der Waals surface area contributed by atoms with Crippen molar-refractivity contribution in [3.05, 3.63) is 65.9 Å². The highest BCUT2D eigenvalue weighted by atomic mass is 19.1. The van der Waals surface area contributed by atoms with Gasteiger partial charge in [-0.2, -0.15) is 0 Å². The molecule has 0 atom stereocenters. The van der Waals surface area contributed by atoms with Crippen LogP contribution in [0.5, 0.6) is 0 Å². The van der Waals surface area contributed by atoms with E-state index < -0.39 is 17.6 Å². The van der Waals surface area contributed by atoms with Crippen molar-refractivity contribution in [1.82, 2.24) is 10.9 Å². The summed E-state index contributed by atoms with van der Waals surface area (Å²) in [5, 5.41) is 0. The minimum Gasteiger partial charge on any atom is -0.465 e. The van der Waals surface area contributed by atoms with Gasteiger partial charge in [-0.15, -0.1) is 0 Å². The average Bonchev–Trinajstić information content (AvgIpc) is 2.96. The standard InChI is InChI=1S/C14H11FN2O3/c15-12-6-2-1-5-11(12)14(19)17-16-13(18)8-7-10-4-3-9-20-10/h1-9H,(H,16,18)(H,17,19)/b8-7+. The molecule has 0 unspecified atom stereocenters. The van der Waals surface area contributed by atoms with Crippen molar-refractivity contribution in [1.29, 1.82) is 0 Å². The molecule has 102 valence electrons. The Kier molecular flexibility index (Phi) is 4.28. The van der Waals surface area contributed by atoms with Crippen LogP contribution in [-0.4, -0.2) is 11.8 Å². The van der Waals surface area contributed by atoms with Crippen LogP contribution in [0, 0.1) is 5.82 Å². The van der Waals surface area contributed by atoms with Crippen LogP contribution < -0.4 is 10.9 Å². The highest BCUT2D eigenvalue weighted by molar-refractivity contribution is 5.97. The first-order valence-electron chi connectivity index (χ1n) is 5.73. The molecule has 1 aromatic carbocycles. The molecule has 0 fully saturated rings. The summed E-state index contributed by atoms with van der Waals surface area (Å²) in [6.45, 7) is 0. The number of hydrazine groups is 1. The predicted molar refractivity (Wildman–Crippen MR) is 69.8 cm³/mol. The largest absolute Gasteiger partial charge is 0.465 e. The van der Waals surface area contributed by atoms with Gasteiger partial charge >= 0.3 is 0 Å². The first-order chi connectivity index (χ1) is 9.66. The Morgan fingerprint density at radius 2 is 1.90 bits per heavy atom. The summed E-state index contributed by atoms with van der Waals surface area (Å²) in [7, 11) is 0. The normalized spacial score (nSPS) is 10.4. The third kappa shape index (κ3) is 3.55. The fraction of sp³-hybridized carbons (Fsp3) is 0. The maximum Gasteiger partial charge on any atom is 0.272 e. The molecule has 6 heteroatoms. The van der Waals surface area contributed by atoms with E-state index in [2.05, 4.69) is 10.9 Å². The average molecular weight is 274 g/mol. The van der Waals surface area contributed by atoms with Crippen LogP contribution in [0.4, 0.5) is 4.39 Å². The Labute approximate surface area is 114 Å². The number of benzene rings is 1. The van der Waals surface area contributed by atoms with Gasteiger partial charge in [0.1, 0.15) is 11.6 Å². The molecule has 0 saturated carbocycles. The molecule has 0 aliphatic carbocycles. The van der Waals surface area contributed by atoms with Crippen LogP contribution in [0.3, 0.4) is 0 Å². The van der Waals surface area contributed by atoms with Gasteiger partial charge in [-0.25, -0.2) is 4.39 Å². The molecule has 2 N–H and O–H groups in total. The van der Waals surface area contributed by atoms with Gasteiger partial charge in [0.25, 0.3) is 11.8 Å². The molecule has 0 radical (unpaired) electrons. The van der Waals surface area contributed by atoms with E-state index in [0.717, 1.165) is 6.07 Å². The number of rotatable bonds is 3. The number of hydrogen-bond donors (Lipinski definition) is 2. The lowest BCUT2D eigenvalue weighted by molar-refractivity contribution is -0.117. The second-order valence-corrected chi connectivity index (χ2v) is 3.77.